The zero-order chi connectivity index (χ0) is 15.2. The van der Waals surface area contributed by atoms with Crippen LogP contribution in [0.1, 0.15) is 12.5 Å². The molecule has 4 nitrogen and oxygen atoms in total. The van der Waals surface area contributed by atoms with E-state index in [1.54, 1.807) is 31.2 Å². The van der Waals surface area contributed by atoms with Gasteiger partial charge in [0.05, 0.1) is 5.60 Å². The normalized spacial score (nSPS) is 15.4. The largest absolute Gasteiger partial charge is 0.388 e. The van der Waals surface area contributed by atoms with E-state index in [0.29, 0.717) is 10.8 Å². The molecule has 112 valence electrons. The highest BCUT2D eigenvalue weighted by atomic mass is 35.5. The van der Waals surface area contributed by atoms with Crippen molar-refractivity contribution in [2.24, 2.45) is 0 Å². The maximum atomic E-state index is 11.8. The van der Waals surface area contributed by atoms with Gasteiger partial charge in [-0.3, -0.25) is 0 Å². The quantitative estimate of drug-likeness (QED) is 0.802. The molecule has 0 saturated heterocycles. The Hall–Kier alpha value is -0.530. The van der Waals surface area contributed by atoms with Crippen LogP contribution in [-0.2, 0) is 10.0 Å². The summed E-state index contributed by atoms with van der Waals surface area (Å²) in [5, 5.41) is 11.6. The van der Waals surface area contributed by atoms with Crippen molar-refractivity contribution in [2.75, 3.05) is 18.6 Å². The van der Waals surface area contributed by atoms with E-state index in [-0.39, 0.29) is 6.54 Å². The third kappa shape index (κ3) is 6.76. The van der Waals surface area contributed by atoms with Crippen LogP contribution in [0.3, 0.4) is 0 Å². The fourth-order valence-corrected chi connectivity index (χ4v) is 3.20. The van der Waals surface area contributed by atoms with Crippen LogP contribution in [0.15, 0.2) is 29.7 Å². The molecule has 1 aromatic rings. The van der Waals surface area contributed by atoms with E-state index in [1.807, 2.05) is 6.26 Å². The fraction of sp³-hybridized carbons (Fsp3) is 0.385. The van der Waals surface area contributed by atoms with E-state index in [9.17, 15) is 13.5 Å². The van der Waals surface area contributed by atoms with E-state index >= 15 is 0 Å². The van der Waals surface area contributed by atoms with E-state index in [1.165, 1.54) is 17.8 Å². The third-order valence-corrected chi connectivity index (χ3v) is 4.62. The monoisotopic (exact) mass is 335 g/mol. The summed E-state index contributed by atoms with van der Waals surface area (Å²) in [6.07, 6.45) is 3.32. The first kappa shape index (κ1) is 17.5. The number of nitrogens with one attached hydrogen (secondary N) is 1. The highest BCUT2D eigenvalue weighted by Crippen LogP contribution is 2.12. The fourth-order valence-electron chi connectivity index (χ4n) is 1.41. The number of rotatable bonds is 7. The van der Waals surface area contributed by atoms with Crippen molar-refractivity contribution < 1.29 is 13.5 Å². The summed E-state index contributed by atoms with van der Waals surface area (Å²) >= 11 is 7.20. The Labute approximate surface area is 129 Å². The van der Waals surface area contributed by atoms with Crippen LogP contribution in [0.5, 0.6) is 0 Å². The van der Waals surface area contributed by atoms with Crippen molar-refractivity contribution in [1.29, 1.82) is 0 Å². The van der Waals surface area contributed by atoms with Crippen molar-refractivity contribution in [3.63, 3.8) is 0 Å². The number of hydrogen-bond donors (Lipinski definition) is 2. The standard InChI is InChI=1S/C13H18ClNO3S2/c1-13(16,10-19-2)9-15-20(17,18)8-7-11-3-5-12(14)6-4-11/h3-8,15-16H,9-10H2,1-2H3/b8-7+. The molecule has 20 heavy (non-hydrogen) atoms. The molecule has 0 radical (unpaired) electrons. The zero-order valence-corrected chi connectivity index (χ0v) is 13.7. The van der Waals surface area contributed by atoms with Crippen LogP contribution >= 0.6 is 23.4 Å². The molecule has 0 spiro atoms. The van der Waals surface area contributed by atoms with Gasteiger partial charge in [0.15, 0.2) is 0 Å². The maximum absolute atomic E-state index is 11.8. The molecule has 0 aromatic heterocycles. The molecule has 0 aliphatic heterocycles. The molecule has 0 fully saturated rings. The first-order chi connectivity index (χ1) is 9.24. The zero-order valence-electron chi connectivity index (χ0n) is 11.3. The lowest BCUT2D eigenvalue weighted by atomic mass is 10.1. The Morgan fingerprint density at radius 1 is 1.40 bits per heavy atom. The van der Waals surface area contributed by atoms with Gasteiger partial charge in [0.1, 0.15) is 0 Å². The Bertz CT molecular complexity index is 553. The number of benzene rings is 1. The highest BCUT2D eigenvalue weighted by Gasteiger charge is 2.21. The van der Waals surface area contributed by atoms with E-state index in [2.05, 4.69) is 4.72 Å². The summed E-state index contributed by atoms with van der Waals surface area (Å²) in [6, 6.07) is 6.81. The predicted molar refractivity (Wildman–Crippen MR) is 86.4 cm³/mol. The smallest absolute Gasteiger partial charge is 0.233 e. The van der Waals surface area contributed by atoms with Crippen molar-refractivity contribution in [3.8, 4) is 0 Å². The second kappa shape index (κ2) is 7.47. The van der Waals surface area contributed by atoms with Gasteiger partial charge in [-0.25, -0.2) is 13.1 Å². The number of halogens is 1. The molecule has 0 saturated carbocycles. The van der Waals surface area contributed by atoms with Crippen molar-refractivity contribution in [1.82, 2.24) is 4.72 Å². The van der Waals surface area contributed by atoms with E-state index in [4.69, 9.17) is 11.6 Å². The average molecular weight is 336 g/mol. The molecule has 0 bridgehead atoms. The van der Waals surface area contributed by atoms with Gasteiger partial charge in [-0.15, -0.1) is 0 Å². The molecule has 0 aliphatic carbocycles. The van der Waals surface area contributed by atoms with Crippen LogP contribution in [0.4, 0.5) is 0 Å². The van der Waals surface area contributed by atoms with Crippen LogP contribution in [0.2, 0.25) is 5.02 Å². The van der Waals surface area contributed by atoms with Gasteiger partial charge in [0.25, 0.3) is 0 Å². The summed E-state index contributed by atoms with van der Waals surface area (Å²) < 4.78 is 25.9. The van der Waals surface area contributed by atoms with Crippen molar-refractivity contribution in [2.45, 2.75) is 12.5 Å². The van der Waals surface area contributed by atoms with Gasteiger partial charge >= 0.3 is 0 Å². The maximum Gasteiger partial charge on any atom is 0.233 e. The summed E-state index contributed by atoms with van der Waals surface area (Å²) in [5.41, 5.74) is -0.337. The predicted octanol–water partition coefficient (Wildman–Crippen LogP) is 2.34. The minimum atomic E-state index is -3.57. The van der Waals surface area contributed by atoms with E-state index in [0.717, 1.165) is 11.0 Å². The van der Waals surface area contributed by atoms with Crippen LogP contribution in [0, 0.1) is 0 Å². The summed E-state index contributed by atoms with van der Waals surface area (Å²) in [7, 11) is -3.57. The van der Waals surface area contributed by atoms with Crippen LogP contribution < -0.4 is 4.72 Å². The average Bonchev–Trinajstić information content (AvgIpc) is 2.36. The molecule has 0 heterocycles. The Balaban J connectivity index is 2.63. The first-order valence-electron chi connectivity index (χ1n) is 5.89. The lowest BCUT2D eigenvalue weighted by molar-refractivity contribution is 0.0909. The molecule has 1 aromatic carbocycles. The third-order valence-electron chi connectivity index (χ3n) is 2.42. The Kier molecular flexibility index (Phi) is 6.54. The molecule has 0 aliphatic rings. The molecular weight excluding hydrogens is 318 g/mol. The number of thioether (sulfide) groups is 1. The molecule has 7 heteroatoms. The lowest BCUT2D eigenvalue weighted by Gasteiger charge is -2.21. The van der Waals surface area contributed by atoms with E-state index < -0.39 is 15.6 Å². The highest BCUT2D eigenvalue weighted by molar-refractivity contribution is 7.98. The summed E-state index contributed by atoms with van der Waals surface area (Å²) in [5.74, 6) is 0.455. The number of hydrogen-bond acceptors (Lipinski definition) is 4. The first-order valence-corrected chi connectivity index (χ1v) is 9.20. The second-order valence-electron chi connectivity index (χ2n) is 4.65. The second-order valence-corrected chi connectivity index (χ2v) is 7.60. The van der Waals surface area contributed by atoms with Crippen LogP contribution in [-0.4, -0.2) is 37.7 Å². The van der Waals surface area contributed by atoms with Gasteiger partial charge in [-0.05, 0) is 37.0 Å². The van der Waals surface area contributed by atoms with Crippen molar-refractivity contribution in [3.05, 3.63) is 40.3 Å². The van der Waals surface area contributed by atoms with Gasteiger partial charge in [-0.2, -0.15) is 11.8 Å². The van der Waals surface area contributed by atoms with Gasteiger partial charge in [-0.1, -0.05) is 23.7 Å². The van der Waals surface area contributed by atoms with Gasteiger partial charge in [0, 0.05) is 22.7 Å². The minimum Gasteiger partial charge on any atom is -0.388 e. The number of sulfonamides is 1. The Morgan fingerprint density at radius 2 is 2.00 bits per heavy atom. The number of aliphatic hydroxyl groups is 1. The SMILES string of the molecule is CSCC(C)(O)CNS(=O)(=O)/C=C/c1ccc(Cl)cc1. The minimum absolute atomic E-state index is 0.0267. The molecule has 1 rings (SSSR count). The van der Waals surface area contributed by atoms with Crippen LogP contribution in [0.25, 0.3) is 6.08 Å². The molecule has 1 atom stereocenters. The molecule has 0 amide bonds. The lowest BCUT2D eigenvalue weighted by Crippen LogP contribution is -2.41. The van der Waals surface area contributed by atoms with Crippen molar-refractivity contribution >= 4 is 39.5 Å². The van der Waals surface area contributed by atoms with Gasteiger partial charge in [0.2, 0.25) is 10.0 Å². The summed E-state index contributed by atoms with van der Waals surface area (Å²) in [6.45, 7) is 1.57. The topological polar surface area (TPSA) is 66.4 Å². The molecule has 1 unspecified atom stereocenters. The molecule has 2 N–H and O–H groups in total. The Morgan fingerprint density at radius 3 is 2.55 bits per heavy atom. The molecular formula is C13H18ClNO3S2. The summed E-state index contributed by atoms with van der Waals surface area (Å²) in [4.78, 5) is 0. The van der Waals surface area contributed by atoms with Gasteiger partial charge < -0.3 is 5.11 Å².